The summed E-state index contributed by atoms with van der Waals surface area (Å²) in [4.78, 5) is 43.9. The maximum Gasteiger partial charge on any atom is 0.259 e. The molecule has 1 heterocycles. The molecule has 1 aliphatic heterocycles. The molecule has 5 rings (SSSR count). The highest BCUT2D eigenvalue weighted by Gasteiger charge is 2.36. The second kappa shape index (κ2) is 11.1. The fraction of sp³-hybridized carbons (Fsp3) is 0.219. The highest BCUT2D eigenvalue weighted by Crippen LogP contribution is 2.37. The molecule has 1 aliphatic rings. The van der Waals surface area contributed by atoms with E-state index in [1.165, 1.54) is 15.9 Å². The average molecular weight is 524 g/mol. The molecule has 0 bridgehead atoms. The molecule has 6 nitrogen and oxygen atoms in total. The van der Waals surface area contributed by atoms with Gasteiger partial charge in [0, 0.05) is 35.5 Å². The molecule has 0 radical (unpaired) electrons. The lowest BCUT2D eigenvalue weighted by molar-refractivity contribution is -0.140. The number of nitrogens with one attached hydrogen (secondary N) is 1. The fourth-order valence-electron chi connectivity index (χ4n) is 5.11. The van der Waals surface area contributed by atoms with Gasteiger partial charge in [-0.15, -0.1) is 0 Å². The predicted octanol–water partition coefficient (Wildman–Crippen LogP) is 5.10. The summed E-state index contributed by atoms with van der Waals surface area (Å²) in [5, 5.41) is 4.64. The van der Waals surface area contributed by atoms with E-state index in [9.17, 15) is 18.8 Å². The molecule has 0 saturated carbocycles. The van der Waals surface area contributed by atoms with E-state index in [1.807, 2.05) is 74.5 Å². The van der Waals surface area contributed by atoms with Crippen LogP contribution in [0.2, 0.25) is 0 Å². The van der Waals surface area contributed by atoms with Crippen molar-refractivity contribution in [3.63, 3.8) is 0 Å². The van der Waals surface area contributed by atoms with E-state index in [2.05, 4.69) is 5.32 Å². The Morgan fingerprint density at radius 3 is 2.31 bits per heavy atom. The zero-order chi connectivity index (χ0) is 27.5. The van der Waals surface area contributed by atoms with Crippen LogP contribution in [0.25, 0.3) is 10.8 Å². The molecule has 39 heavy (non-hydrogen) atoms. The van der Waals surface area contributed by atoms with Crippen LogP contribution in [-0.4, -0.2) is 41.2 Å². The number of carbonyl (C=O) groups excluding carboxylic acids is 3. The molecule has 0 saturated heterocycles. The second-order valence-corrected chi connectivity index (χ2v) is 10.1. The van der Waals surface area contributed by atoms with Gasteiger partial charge >= 0.3 is 0 Å². The van der Waals surface area contributed by atoms with E-state index < -0.39 is 17.8 Å². The number of hydrogen-bond donors (Lipinski definition) is 1. The van der Waals surface area contributed by atoms with Gasteiger partial charge in [0.05, 0.1) is 5.69 Å². The number of hydrogen-bond acceptors (Lipinski definition) is 3. The molecule has 1 N–H and O–H groups in total. The number of anilines is 1. The van der Waals surface area contributed by atoms with E-state index in [4.69, 9.17) is 0 Å². The molecule has 0 aliphatic carbocycles. The van der Waals surface area contributed by atoms with Crippen LogP contribution in [0, 0.1) is 5.82 Å². The van der Waals surface area contributed by atoms with Gasteiger partial charge in [-0.3, -0.25) is 19.3 Å². The van der Waals surface area contributed by atoms with E-state index in [-0.39, 0.29) is 37.4 Å². The molecule has 3 amide bonds. The van der Waals surface area contributed by atoms with Gasteiger partial charge in [0.25, 0.3) is 5.91 Å². The van der Waals surface area contributed by atoms with Crippen LogP contribution in [0.5, 0.6) is 0 Å². The number of amides is 3. The first-order valence-electron chi connectivity index (χ1n) is 13.0. The van der Waals surface area contributed by atoms with Gasteiger partial charge in [0.2, 0.25) is 11.8 Å². The molecular weight excluding hydrogens is 493 g/mol. The minimum absolute atomic E-state index is 0.117. The third kappa shape index (κ3) is 5.39. The summed E-state index contributed by atoms with van der Waals surface area (Å²) in [6.07, 6.45) is 0.239. The van der Waals surface area contributed by atoms with Gasteiger partial charge < -0.3 is 10.2 Å². The summed E-state index contributed by atoms with van der Waals surface area (Å²) in [6.45, 7) is 3.30. The zero-order valence-electron chi connectivity index (χ0n) is 21.9. The number of rotatable bonds is 9. The number of carbonyl (C=O) groups is 3. The Balaban J connectivity index is 1.52. The Labute approximate surface area is 227 Å². The quantitative estimate of drug-likeness (QED) is 0.332. The van der Waals surface area contributed by atoms with Crippen molar-refractivity contribution in [2.45, 2.75) is 38.9 Å². The van der Waals surface area contributed by atoms with Gasteiger partial charge in [-0.2, -0.15) is 0 Å². The maximum absolute atomic E-state index is 14.8. The van der Waals surface area contributed by atoms with E-state index in [0.29, 0.717) is 16.8 Å². The van der Waals surface area contributed by atoms with E-state index >= 15 is 0 Å². The summed E-state index contributed by atoms with van der Waals surface area (Å²) in [7, 11) is 0. The Hall–Kier alpha value is -4.52. The fourth-order valence-corrected chi connectivity index (χ4v) is 5.11. The standard InChI is InChI=1S/C32H30FN3O3/c1-21(2)34-31(38)28(18-22-10-4-3-5-11-22)35(19-24-12-6-7-16-26(24)33)29(37)20-36-27-17-9-14-23-13-8-15-25(30(23)27)32(36)39/h3-17,21,28H,18-20H2,1-2H3,(H,34,38)/t28-/m0/s1. The van der Waals surface area contributed by atoms with Crippen LogP contribution >= 0.6 is 0 Å². The van der Waals surface area contributed by atoms with Gasteiger partial charge in [0.1, 0.15) is 18.4 Å². The van der Waals surface area contributed by atoms with Crippen molar-refractivity contribution in [2.75, 3.05) is 11.4 Å². The third-order valence-electron chi connectivity index (χ3n) is 6.94. The van der Waals surface area contributed by atoms with Gasteiger partial charge in [-0.05, 0) is 43.0 Å². The van der Waals surface area contributed by atoms with Crippen molar-refractivity contribution >= 4 is 34.2 Å². The normalized spacial score (nSPS) is 13.1. The minimum atomic E-state index is -0.919. The SMILES string of the molecule is CC(C)NC(=O)[C@H](Cc1ccccc1)N(Cc1ccccc1F)C(=O)CN1C(=O)c2cccc3cccc1c23. The number of halogens is 1. The second-order valence-electron chi connectivity index (χ2n) is 10.1. The first-order chi connectivity index (χ1) is 18.8. The highest BCUT2D eigenvalue weighted by molar-refractivity contribution is 6.26. The molecule has 0 spiro atoms. The summed E-state index contributed by atoms with van der Waals surface area (Å²) >= 11 is 0. The van der Waals surface area contributed by atoms with Crippen LogP contribution in [0.3, 0.4) is 0 Å². The Morgan fingerprint density at radius 2 is 1.59 bits per heavy atom. The lowest BCUT2D eigenvalue weighted by Crippen LogP contribution is -2.54. The molecule has 0 fully saturated rings. The molecule has 4 aromatic rings. The first kappa shape index (κ1) is 26.1. The van der Waals surface area contributed by atoms with Gasteiger partial charge in [-0.25, -0.2) is 4.39 Å². The van der Waals surface area contributed by atoms with Crippen LogP contribution in [0.4, 0.5) is 10.1 Å². The summed E-state index contributed by atoms with van der Waals surface area (Å²) in [5.74, 6) is -1.52. The molecule has 198 valence electrons. The van der Waals surface area contributed by atoms with Crippen molar-refractivity contribution in [1.82, 2.24) is 10.2 Å². The monoisotopic (exact) mass is 523 g/mol. The number of benzene rings is 4. The molecule has 0 unspecified atom stereocenters. The molecule has 0 aromatic heterocycles. The van der Waals surface area contributed by atoms with Gasteiger partial charge in [0.15, 0.2) is 0 Å². The molecule has 4 aromatic carbocycles. The predicted molar refractivity (Wildman–Crippen MR) is 150 cm³/mol. The average Bonchev–Trinajstić information content (AvgIpc) is 3.19. The lowest BCUT2D eigenvalue weighted by atomic mass is 10.0. The van der Waals surface area contributed by atoms with Crippen LogP contribution in [0.15, 0.2) is 91.0 Å². The van der Waals surface area contributed by atoms with Crippen molar-refractivity contribution < 1.29 is 18.8 Å². The number of nitrogens with zero attached hydrogens (tertiary/aromatic N) is 2. The van der Waals surface area contributed by atoms with Crippen molar-refractivity contribution in [2.24, 2.45) is 0 Å². The van der Waals surface area contributed by atoms with Crippen LogP contribution in [-0.2, 0) is 22.6 Å². The van der Waals surface area contributed by atoms with Crippen molar-refractivity contribution in [3.05, 3.63) is 114 Å². The first-order valence-corrected chi connectivity index (χ1v) is 13.0. The molecule has 1 atom stereocenters. The molecular formula is C32H30FN3O3. The minimum Gasteiger partial charge on any atom is -0.352 e. The zero-order valence-corrected chi connectivity index (χ0v) is 21.9. The Morgan fingerprint density at radius 1 is 0.897 bits per heavy atom. The largest absolute Gasteiger partial charge is 0.352 e. The van der Waals surface area contributed by atoms with E-state index in [0.717, 1.165) is 16.3 Å². The highest BCUT2D eigenvalue weighted by atomic mass is 19.1. The topological polar surface area (TPSA) is 69.7 Å². The van der Waals surface area contributed by atoms with Crippen molar-refractivity contribution in [3.8, 4) is 0 Å². The van der Waals surface area contributed by atoms with Gasteiger partial charge in [-0.1, -0.05) is 72.8 Å². The Kier molecular flexibility index (Phi) is 7.41. The molecule has 7 heteroatoms. The maximum atomic E-state index is 14.8. The van der Waals surface area contributed by atoms with Crippen LogP contribution in [0.1, 0.15) is 35.3 Å². The summed E-state index contributed by atoms with van der Waals surface area (Å²) < 4.78 is 14.8. The van der Waals surface area contributed by atoms with Crippen LogP contribution < -0.4 is 10.2 Å². The Bertz CT molecular complexity index is 1530. The third-order valence-corrected chi connectivity index (χ3v) is 6.94. The summed E-state index contributed by atoms with van der Waals surface area (Å²) in [5.41, 5.74) is 2.34. The van der Waals surface area contributed by atoms with Crippen molar-refractivity contribution in [1.29, 1.82) is 0 Å². The smallest absolute Gasteiger partial charge is 0.259 e. The van der Waals surface area contributed by atoms with E-state index in [1.54, 1.807) is 24.3 Å². The summed E-state index contributed by atoms with van der Waals surface area (Å²) in [6, 6.07) is 25.6. The lowest BCUT2D eigenvalue weighted by Gasteiger charge is -2.33.